The first-order valence-corrected chi connectivity index (χ1v) is 7.86. The molecule has 1 N–H and O–H groups in total. The second kappa shape index (κ2) is 5.99. The van der Waals surface area contributed by atoms with E-state index in [2.05, 4.69) is 22.2 Å². The van der Waals surface area contributed by atoms with Crippen molar-refractivity contribution >= 4 is 12.0 Å². The van der Waals surface area contributed by atoms with Gasteiger partial charge in [0.1, 0.15) is 6.54 Å². The number of benzene rings is 1. The maximum atomic E-state index is 12.5. The highest BCUT2D eigenvalue weighted by atomic mass is 16.5. The lowest BCUT2D eigenvalue weighted by Gasteiger charge is -2.61. The number of fused-ring (bicyclic) bond motifs is 1. The van der Waals surface area contributed by atoms with Crippen LogP contribution in [0.2, 0.25) is 0 Å². The predicted molar refractivity (Wildman–Crippen MR) is 82.2 cm³/mol. The summed E-state index contributed by atoms with van der Waals surface area (Å²) < 4.78 is 4.53. The molecule has 1 saturated heterocycles. The molecule has 0 bridgehead atoms. The third-order valence-corrected chi connectivity index (χ3v) is 5.06. The smallest absolute Gasteiger partial charge is 0.407 e. The number of amides is 2. The van der Waals surface area contributed by atoms with Gasteiger partial charge in [-0.1, -0.05) is 43.2 Å². The van der Waals surface area contributed by atoms with Crippen molar-refractivity contribution in [3.63, 3.8) is 0 Å². The van der Waals surface area contributed by atoms with Crippen molar-refractivity contribution in [1.82, 2.24) is 10.2 Å². The van der Waals surface area contributed by atoms with Gasteiger partial charge in [-0.3, -0.25) is 4.79 Å². The Morgan fingerprint density at radius 3 is 2.77 bits per heavy atom. The number of rotatable bonds is 3. The summed E-state index contributed by atoms with van der Waals surface area (Å²) in [5, 5.41) is 2.49. The lowest BCUT2D eigenvalue weighted by atomic mass is 9.61. The minimum Gasteiger partial charge on any atom is -0.453 e. The maximum absolute atomic E-state index is 12.5. The number of hydrogen-bond donors (Lipinski definition) is 1. The van der Waals surface area contributed by atoms with Gasteiger partial charge in [0, 0.05) is 12.5 Å². The molecule has 22 heavy (non-hydrogen) atoms. The molecule has 3 rings (SSSR count). The highest BCUT2D eigenvalue weighted by molar-refractivity contribution is 5.84. The summed E-state index contributed by atoms with van der Waals surface area (Å²) in [4.78, 5) is 25.7. The van der Waals surface area contributed by atoms with Gasteiger partial charge in [-0.2, -0.15) is 0 Å². The third-order valence-electron chi connectivity index (χ3n) is 5.06. The Kier molecular flexibility index (Phi) is 4.05. The Hall–Kier alpha value is -2.04. The molecular weight excluding hydrogens is 280 g/mol. The number of carbonyl (C=O) groups is 2. The Bertz CT molecular complexity index is 560. The van der Waals surface area contributed by atoms with Crippen LogP contribution in [0.3, 0.4) is 0 Å². The van der Waals surface area contributed by atoms with Crippen molar-refractivity contribution in [3.8, 4) is 0 Å². The van der Waals surface area contributed by atoms with E-state index in [-0.39, 0.29) is 18.0 Å². The molecular formula is C17H22N2O3. The first-order valence-electron chi connectivity index (χ1n) is 7.86. The van der Waals surface area contributed by atoms with Crippen LogP contribution in [0.5, 0.6) is 0 Å². The topological polar surface area (TPSA) is 58.6 Å². The fourth-order valence-corrected chi connectivity index (χ4v) is 4.00. The van der Waals surface area contributed by atoms with E-state index in [4.69, 9.17) is 0 Å². The largest absolute Gasteiger partial charge is 0.453 e. The molecule has 2 atom stereocenters. The molecule has 5 heteroatoms. The molecule has 5 nitrogen and oxygen atoms in total. The third kappa shape index (κ3) is 2.34. The highest BCUT2D eigenvalue weighted by Gasteiger charge is 2.56. The summed E-state index contributed by atoms with van der Waals surface area (Å²) in [6, 6.07) is 10.3. The molecule has 2 fully saturated rings. The van der Waals surface area contributed by atoms with Gasteiger partial charge < -0.3 is 15.0 Å². The van der Waals surface area contributed by atoms with Gasteiger partial charge in [0.15, 0.2) is 0 Å². The molecule has 0 unspecified atom stereocenters. The number of ether oxygens (including phenoxy) is 1. The van der Waals surface area contributed by atoms with Crippen LogP contribution in [-0.4, -0.2) is 37.1 Å². The van der Waals surface area contributed by atoms with Gasteiger partial charge in [0.05, 0.1) is 12.6 Å². The molecule has 1 aliphatic carbocycles. The van der Waals surface area contributed by atoms with Gasteiger partial charge in [-0.05, 0) is 18.4 Å². The number of hydrogen-bond acceptors (Lipinski definition) is 3. The zero-order valence-electron chi connectivity index (χ0n) is 12.9. The monoisotopic (exact) mass is 302 g/mol. The van der Waals surface area contributed by atoms with Crippen LogP contribution in [0.4, 0.5) is 4.79 Å². The van der Waals surface area contributed by atoms with Crippen molar-refractivity contribution in [2.45, 2.75) is 31.2 Å². The normalized spacial score (nSPS) is 26.6. The second-order valence-corrected chi connectivity index (χ2v) is 6.08. The molecule has 1 aromatic rings. The summed E-state index contributed by atoms with van der Waals surface area (Å²) in [6.07, 6.45) is 3.98. The molecule has 0 radical (unpaired) electrons. The van der Waals surface area contributed by atoms with E-state index in [1.165, 1.54) is 25.5 Å². The Labute approximate surface area is 130 Å². The van der Waals surface area contributed by atoms with Gasteiger partial charge >= 0.3 is 6.09 Å². The number of methoxy groups -OCH3 is 1. The Morgan fingerprint density at radius 2 is 2.09 bits per heavy atom. The number of likely N-dealkylation sites (tertiary alicyclic amines) is 1. The first kappa shape index (κ1) is 14.9. The van der Waals surface area contributed by atoms with Crippen LogP contribution >= 0.6 is 0 Å². The number of nitrogens with one attached hydrogen (secondary N) is 1. The molecule has 1 heterocycles. The van der Waals surface area contributed by atoms with Crippen LogP contribution in [0, 0.1) is 5.92 Å². The molecule has 0 aromatic heterocycles. The van der Waals surface area contributed by atoms with Gasteiger partial charge in [0.2, 0.25) is 5.91 Å². The number of alkyl carbamates (subject to hydrolysis) is 1. The van der Waals surface area contributed by atoms with Crippen molar-refractivity contribution < 1.29 is 14.3 Å². The maximum Gasteiger partial charge on any atom is 0.407 e. The number of nitrogens with zero attached hydrogens (tertiary/aromatic N) is 1. The fourth-order valence-electron chi connectivity index (χ4n) is 4.00. The summed E-state index contributed by atoms with van der Waals surface area (Å²) >= 11 is 0. The van der Waals surface area contributed by atoms with E-state index in [0.29, 0.717) is 5.92 Å². The minimum atomic E-state index is -0.567. The van der Waals surface area contributed by atoms with E-state index >= 15 is 0 Å². The molecule has 2 aliphatic rings. The standard InChI is InChI=1S/C17H22N2O3/c1-22-16(21)18-11-15(20)19-12-14-9-5-6-10-17(14,19)13-7-3-2-4-8-13/h2-4,7-8,14H,5-6,9-12H2,1H3,(H,18,21)/t14-,17-/m1/s1. The summed E-state index contributed by atoms with van der Waals surface area (Å²) in [5.41, 5.74) is 1.05. The summed E-state index contributed by atoms with van der Waals surface area (Å²) in [5.74, 6) is 0.498. The summed E-state index contributed by atoms with van der Waals surface area (Å²) in [7, 11) is 1.30. The van der Waals surface area contributed by atoms with E-state index < -0.39 is 6.09 Å². The zero-order valence-corrected chi connectivity index (χ0v) is 12.9. The lowest BCUT2D eigenvalue weighted by Crippen LogP contribution is -2.68. The van der Waals surface area contributed by atoms with E-state index in [1.54, 1.807) is 0 Å². The molecule has 2 amide bonds. The quantitative estimate of drug-likeness (QED) is 0.932. The average molecular weight is 302 g/mol. The minimum absolute atomic E-state index is 0.00598. The van der Waals surface area contributed by atoms with Gasteiger partial charge in [-0.15, -0.1) is 0 Å². The van der Waals surface area contributed by atoms with Crippen LogP contribution in [-0.2, 0) is 15.1 Å². The highest BCUT2D eigenvalue weighted by Crippen LogP contribution is 2.53. The molecule has 118 valence electrons. The summed E-state index contributed by atoms with van der Waals surface area (Å²) in [6.45, 7) is 0.782. The molecule has 1 aromatic carbocycles. The van der Waals surface area contributed by atoms with Gasteiger partial charge in [0.25, 0.3) is 0 Å². The van der Waals surface area contributed by atoms with Gasteiger partial charge in [-0.25, -0.2) is 4.79 Å². The van der Waals surface area contributed by atoms with Crippen LogP contribution < -0.4 is 5.32 Å². The van der Waals surface area contributed by atoms with E-state index in [1.807, 2.05) is 23.1 Å². The van der Waals surface area contributed by atoms with Crippen LogP contribution in [0.1, 0.15) is 31.2 Å². The zero-order chi connectivity index (χ0) is 15.6. The first-order chi connectivity index (χ1) is 10.7. The van der Waals surface area contributed by atoms with E-state index in [0.717, 1.165) is 19.4 Å². The molecule has 0 spiro atoms. The van der Waals surface area contributed by atoms with Crippen LogP contribution in [0.25, 0.3) is 0 Å². The second-order valence-electron chi connectivity index (χ2n) is 6.08. The average Bonchev–Trinajstić information content (AvgIpc) is 2.54. The molecule has 1 aliphatic heterocycles. The molecule has 1 saturated carbocycles. The fraction of sp³-hybridized carbons (Fsp3) is 0.529. The Morgan fingerprint density at radius 1 is 1.32 bits per heavy atom. The van der Waals surface area contributed by atoms with Crippen molar-refractivity contribution in [1.29, 1.82) is 0 Å². The van der Waals surface area contributed by atoms with Crippen molar-refractivity contribution in [2.24, 2.45) is 5.92 Å². The van der Waals surface area contributed by atoms with Crippen molar-refractivity contribution in [2.75, 3.05) is 20.2 Å². The van der Waals surface area contributed by atoms with E-state index in [9.17, 15) is 9.59 Å². The lowest BCUT2D eigenvalue weighted by molar-refractivity contribution is -0.165. The van der Waals surface area contributed by atoms with Crippen LogP contribution in [0.15, 0.2) is 30.3 Å². The number of carbonyl (C=O) groups excluding carboxylic acids is 2. The van der Waals surface area contributed by atoms with Crippen molar-refractivity contribution in [3.05, 3.63) is 35.9 Å². The Balaban J connectivity index is 1.80. The SMILES string of the molecule is COC(=O)NCC(=O)N1C[C@H]2CCCC[C@@]21c1ccccc1. The predicted octanol–water partition coefficient (Wildman–Crippen LogP) is 2.27.